The highest BCUT2D eigenvalue weighted by Crippen LogP contribution is 2.08. The van der Waals surface area contributed by atoms with Crippen LogP contribution in [0.15, 0.2) is 36.4 Å². The zero-order chi connectivity index (χ0) is 8.97. The molecule has 1 rings (SSSR count). The van der Waals surface area contributed by atoms with Crippen LogP contribution in [0.5, 0.6) is 0 Å². The first-order valence-corrected chi connectivity index (χ1v) is 3.99. The SMILES string of the molecule is C=C(C)C#Cc1ccc(Cl)cc1. The van der Waals surface area contributed by atoms with Crippen molar-refractivity contribution in [2.24, 2.45) is 0 Å². The minimum Gasteiger partial charge on any atom is -0.0877 e. The Hall–Kier alpha value is -1.19. The van der Waals surface area contributed by atoms with Crippen molar-refractivity contribution in [1.82, 2.24) is 0 Å². The van der Waals surface area contributed by atoms with Gasteiger partial charge in [0.25, 0.3) is 0 Å². The average molecular weight is 177 g/mol. The second kappa shape index (κ2) is 3.99. The van der Waals surface area contributed by atoms with E-state index >= 15 is 0 Å². The molecule has 0 spiro atoms. The minimum absolute atomic E-state index is 0.732. The topological polar surface area (TPSA) is 0 Å². The quantitative estimate of drug-likeness (QED) is 0.533. The fraction of sp³-hybridized carbons (Fsp3) is 0.0909. The Balaban J connectivity index is 2.86. The van der Waals surface area contributed by atoms with E-state index in [1.165, 1.54) is 0 Å². The summed E-state index contributed by atoms with van der Waals surface area (Å²) < 4.78 is 0. The molecule has 60 valence electrons. The fourth-order valence-corrected chi connectivity index (χ4v) is 0.838. The summed E-state index contributed by atoms with van der Waals surface area (Å²) in [6, 6.07) is 7.42. The Kier molecular flexibility index (Phi) is 2.96. The lowest BCUT2D eigenvalue weighted by molar-refractivity contribution is 1.60. The normalized spacial score (nSPS) is 8.50. The van der Waals surface area contributed by atoms with Gasteiger partial charge < -0.3 is 0 Å². The summed E-state index contributed by atoms with van der Waals surface area (Å²) in [6.07, 6.45) is 0. The third-order valence-electron chi connectivity index (χ3n) is 1.26. The molecule has 0 amide bonds. The summed E-state index contributed by atoms with van der Waals surface area (Å²) in [6.45, 7) is 5.57. The highest BCUT2D eigenvalue weighted by Gasteiger charge is 1.86. The van der Waals surface area contributed by atoms with Crippen molar-refractivity contribution in [3.63, 3.8) is 0 Å². The van der Waals surface area contributed by atoms with Gasteiger partial charge in [0.2, 0.25) is 0 Å². The first kappa shape index (κ1) is 8.90. The van der Waals surface area contributed by atoms with Crippen LogP contribution in [0, 0.1) is 11.8 Å². The molecule has 0 unspecified atom stereocenters. The van der Waals surface area contributed by atoms with Crippen LogP contribution < -0.4 is 0 Å². The summed E-state index contributed by atoms with van der Waals surface area (Å²) in [5.41, 5.74) is 1.83. The van der Waals surface area contributed by atoms with Crippen molar-refractivity contribution >= 4 is 11.6 Å². The number of hydrogen-bond donors (Lipinski definition) is 0. The van der Waals surface area contributed by atoms with Gasteiger partial charge in [-0.25, -0.2) is 0 Å². The van der Waals surface area contributed by atoms with E-state index < -0.39 is 0 Å². The van der Waals surface area contributed by atoms with Gasteiger partial charge in [0, 0.05) is 10.6 Å². The molecule has 0 saturated carbocycles. The van der Waals surface area contributed by atoms with Gasteiger partial charge in [0.1, 0.15) is 0 Å². The fourth-order valence-electron chi connectivity index (χ4n) is 0.712. The summed E-state index contributed by atoms with van der Waals surface area (Å²) >= 11 is 5.71. The molecule has 1 aromatic rings. The summed E-state index contributed by atoms with van der Waals surface area (Å²) in [4.78, 5) is 0. The van der Waals surface area contributed by atoms with E-state index in [2.05, 4.69) is 18.4 Å². The number of benzene rings is 1. The number of hydrogen-bond acceptors (Lipinski definition) is 0. The minimum atomic E-state index is 0.732. The van der Waals surface area contributed by atoms with Gasteiger partial charge in [-0.1, -0.05) is 30.0 Å². The monoisotopic (exact) mass is 176 g/mol. The Morgan fingerprint density at radius 1 is 1.33 bits per heavy atom. The molecule has 12 heavy (non-hydrogen) atoms. The van der Waals surface area contributed by atoms with Crippen molar-refractivity contribution in [2.45, 2.75) is 6.92 Å². The van der Waals surface area contributed by atoms with E-state index in [0.29, 0.717) is 0 Å². The van der Waals surface area contributed by atoms with E-state index in [1.54, 1.807) is 0 Å². The lowest BCUT2D eigenvalue weighted by Gasteiger charge is -1.89. The van der Waals surface area contributed by atoms with Crippen LogP contribution in [0.2, 0.25) is 5.02 Å². The van der Waals surface area contributed by atoms with E-state index in [9.17, 15) is 0 Å². The Labute approximate surface area is 77.9 Å². The summed E-state index contributed by atoms with van der Waals surface area (Å²) in [7, 11) is 0. The molecule has 0 saturated heterocycles. The molecule has 0 aromatic heterocycles. The molecule has 0 bridgehead atoms. The highest BCUT2D eigenvalue weighted by molar-refractivity contribution is 6.30. The Morgan fingerprint density at radius 2 is 1.92 bits per heavy atom. The van der Waals surface area contributed by atoms with E-state index in [0.717, 1.165) is 16.2 Å². The smallest absolute Gasteiger partial charge is 0.0406 e. The summed E-state index contributed by atoms with van der Waals surface area (Å²) in [5, 5.41) is 0.732. The second-order valence-corrected chi connectivity index (χ2v) is 2.97. The molecule has 0 nitrogen and oxygen atoms in total. The third-order valence-corrected chi connectivity index (χ3v) is 1.52. The first-order valence-electron chi connectivity index (χ1n) is 3.61. The first-order chi connectivity index (χ1) is 5.68. The lowest BCUT2D eigenvalue weighted by atomic mass is 10.2. The van der Waals surface area contributed by atoms with Crippen molar-refractivity contribution in [3.05, 3.63) is 47.0 Å². The van der Waals surface area contributed by atoms with Crippen LogP contribution >= 0.6 is 11.6 Å². The molecule has 1 aromatic carbocycles. The van der Waals surface area contributed by atoms with E-state index in [4.69, 9.17) is 11.6 Å². The van der Waals surface area contributed by atoms with Gasteiger partial charge in [0.15, 0.2) is 0 Å². The number of allylic oxidation sites excluding steroid dienone is 1. The molecule has 0 aliphatic rings. The van der Waals surface area contributed by atoms with Crippen LogP contribution in [0.1, 0.15) is 12.5 Å². The van der Waals surface area contributed by atoms with Gasteiger partial charge in [-0.05, 0) is 36.8 Å². The lowest BCUT2D eigenvalue weighted by Crippen LogP contribution is -1.72. The molecule has 0 aliphatic heterocycles. The zero-order valence-electron chi connectivity index (χ0n) is 6.89. The van der Waals surface area contributed by atoms with Crippen LogP contribution in [-0.2, 0) is 0 Å². The van der Waals surface area contributed by atoms with Gasteiger partial charge in [0.05, 0.1) is 0 Å². The number of rotatable bonds is 0. The second-order valence-electron chi connectivity index (χ2n) is 2.54. The number of halogens is 1. The molecule has 1 heteroatoms. The highest BCUT2D eigenvalue weighted by atomic mass is 35.5. The average Bonchev–Trinajstić information content (AvgIpc) is 2.03. The standard InChI is InChI=1S/C11H9Cl/c1-9(2)3-4-10-5-7-11(12)8-6-10/h5-8H,1H2,2H3. The van der Waals surface area contributed by atoms with Gasteiger partial charge in [-0.15, -0.1) is 0 Å². The molecule has 0 atom stereocenters. The van der Waals surface area contributed by atoms with Crippen LogP contribution in [0.3, 0.4) is 0 Å². The molecular formula is C11H9Cl. The van der Waals surface area contributed by atoms with E-state index in [-0.39, 0.29) is 0 Å². The van der Waals surface area contributed by atoms with Gasteiger partial charge >= 0.3 is 0 Å². The van der Waals surface area contributed by atoms with Crippen molar-refractivity contribution in [1.29, 1.82) is 0 Å². The molecule has 0 N–H and O–H groups in total. The van der Waals surface area contributed by atoms with Crippen molar-refractivity contribution in [2.75, 3.05) is 0 Å². The van der Waals surface area contributed by atoms with Crippen molar-refractivity contribution in [3.8, 4) is 11.8 Å². The summed E-state index contributed by atoms with van der Waals surface area (Å²) in [5.74, 6) is 5.86. The van der Waals surface area contributed by atoms with Gasteiger partial charge in [-0.2, -0.15) is 0 Å². The molecule has 0 fully saturated rings. The molecule has 0 radical (unpaired) electrons. The van der Waals surface area contributed by atoms with Crippen LogP contribution in [0.25, 0.3) is 0 Å². The van der Waals surface area contributed by atoms with Crippen molar-refractivity contribution < 1.29 is 0 Å². The molecule has 0 heterocycles. The maximum absolute atomic E-state index is 5.71. The maximum atomic E-state index is 5.71. The van der Waals surface area contributed by atoms with Gasteiger partial charge in [-0.3, -0.25) is 0 Å². The predicted molar refractivity (Wildman–Crippen MR) is 53.1 cm³/mol. The Morgan fingerprint density at radius 3 is 2.42 bits per heavy atom. The van der Waals surface area contributed by atoms with Crippen LogP contribution in [-0.4, -0.2) is 0 Å². The third kappa shape index (κ3) is 2.82. The largest absolute Gasteiger partial charge is 0.0877 e. The van der Waals surface area contributed by atoms with E-state index in [1.807, 2.05) is 31.2 Å². The van der Waals surface area contributed by atoms with Crippen LogP contribution in [0.4, 0.5) is 0 Å². The maximum Gasteiger partial charge on any atom is 0.0406 e. The molecular weight excluding hydrogens is 168 g/mol. The molecule has 0 aliphatic carbocycles. The Bertz CT molecular complexity index is 336. The predicted octanol–water partition coefficient (Wildman–Crippen LogP) is 3.27. The zero-order valence-corrected chi connectivity index (χ0v) is 7.65.